The van der Waals surface area contributed by atoms with Gasteiger partial charge in [-0.3, -0.25) is 4.90 Å². The fourth-order valence-corrected chi connectivity index (χ4v) is 3.11. The van der Waals surface area contributed by atoms with Crippen molar-refractivity contribution >= 4 is 0 Å². The molecule has 0 amide bonds. The Morgan fingerprint density at radius 2 is 1.80 bits per heavy atom. The van der Waals surface area contributed by atoms with Gasteiger partial charge < -0.3 is 14.0 Å². The van der Waals surface area contributed by atoms with Gasteiger partial charge in [0.2, 0.25) is 11.7 Å². The lowest BCUT2D eigenvalue weighted by Gasteiger charge is -2.12. The lowest BCUT2D eigenvalue weighted by Crippen LogP contribution is -2.17. The van der Waals surface area contributed by atoms with Gasteiger partial charge in [-0.1, -0.05) is 11.2 Å². The molecule has 0 aliphatic carbocycles. The van der Waals surface area contributed by atoms with E-state index < -0.39 is 0 Å². The Bertz CT molecular complexity index is 1100. The zero-order valence-electron chi connectivity index (χ0n) is 17.1. The summed E-state index contributed by atoms with van der Waals surface area (Å²) in [5.74, 6) is 2.71. The van der Waals surface area contributed by atoms with Crippen molar-refractivity contribution in [3.8, 4) is 28.6 Å². The zero-order chi connectivity index (χ0) is 20.9. The van der Waals surface area contributed by atoms with Crippen LogP contribution in [0.5, 0.6) is 11.5 Å². The Morgan fingerprint density at radius 1 is 1.00 bits per heavy atom. The predicted octanol–water partition coefficient (Wildman–Crippen LogP) is 3.57. The van der Waals surface area contributed by atoms with E-state index in [4.69, 9.17) is 14.0 Å². The fourth-order valence-electron chi connectivity index (χ4n) is 3.11. The van der Waals surface area contributed by atoms with Crippen molar-refractivity contribution in [1.29, 1.82) is 0 Å². The van der Waals surface area contributed by atoms with Crippen molar-refractivity contribution in [2.45, 2.75) is 13.1 Å². The van der Waals surface area contributed by atoms with Crippen LogP contribution in [0.25, 0.3) is 17.1 Å². The number of methoxy groups -OCH3 is 2. The van der Waals surface area contributed by atoms with Crippen molar-refractivity contribution in [3.63, 3.8) is 0 Å². The molecule has 30 heavy (non-hydrogen) atoms. The highest BCUT2D eigenvalue weighted by atomic mass is 16.5. The summed E-state index contributed by atoms with van der Waals surface area (Å²) in [6, 6.07) is 15.3. The van der Waals surface area contributed by atoms with Crippen LogP contribution in [-0.2, 0) is 13.1 Å². The standard InChI is InChI=1S/C22H23N5O3/c1-26(13-16-12-23-27(14-16)18-5-4-6-20(11-18)29-3)15-21-24-22(25-30-21)17-7-9-19(28-2)10-8-17/h4-12,14H,13,15H2,1-3H3. The van der Waals surface area contributed by atoms with Gasteiger partial charge in [0.25, 0.3) is 0 Å². The quantitative estimate of drug-likeness (QED) is 0.443. The lowest BCUT2D eigenvalue weighted by atomic mass is 10.2. The highest BCUT2D eigenvalue weighted by Gasteiger charge is 2.12. The van der Waals surface area contributed by atoms with Crippen LogP contribution in [0.3, 0.4) is 0 Å². The first-order valence-electron chi connectivity index (χ1n) is 9.48. The molecule has 0 aliphatic rings. The predicted molar refractivity (Wildman–Crippen MR) is 112 cm³/mol. The molecule has 0 N–H and O–H groups in total. The third-order valence-electron chi connectivity index (χ3n) is 4.63. The molecule has 0 saturated heterocycles. The van der Waals surface area contributed by atoms with Gasteiger partial charge in [-0.25, -0.2) is 4.68 Å². The van der Waals surface area contributed by atoms with Crippen molar-refractivity contribution < 1.29 is 14.0 Å². The normalized spacial score (nSPS) is 11.1. The van der Waals surface area contributed by atoms with Crippen LogP contribution in [0, 0.1) is 0 Å². The minimum atomic E-state index is 0.535. The number of nitrogens with zero attached hydrogens (tertiary/aromatic N) is 5. The average Bonchev–Trinajstić information content (AvgIpc) is 3.43. The summed E-state index contributed by atoms with van der Waals surface area (Å²) in [7, 11) is 5.29. The van der Waals surface area contributed by atoms with E-state index in [2.05, 4.69) is 20.1 Å². The molecule has 8 nitrogen and oxygen atoms in total. The van der Waals surface area contributed by atoms with Crippen LogP contribution in [0.4, 0.5) is 0 Å². The maximum atomic E-state index is 5.42. The Hall–Kier alpha value is -3.65. The van der Waals surface area contributed by atoms with Crippen molar-refractivity contribution in [1.82, 2.24) is 24.8 Å². The van der Waals surface area contributed by atoms with E-state index >= 15 is 0 Å². The third-order valence-corrected chi connectivity index (χ3v) is 4.63. The largest absolute Gasteiger partial charge is 0.497 e. The van der Waals surface area contributed by atoms with Crippen molar-refractivity contribution in [3.05, 3.63) is 72.4 Å². The summed E-state index contributed by atoms with van der Waals surface area (Å²) < 4.78 is 17.7. The lowest BCUT2D eigenvalue weighted by molar-refractivity contribution is 0.261. The highest BCUT2D eigenvalue weighted by molar-refractivity contribution is 5.55. The SMILES string of the molecule is COc1ccc(-c2noc(CN(C)Cc3cnn(-c4cccc(OC)c4)c3)n2)cc1. The number of ether oxygens (including phenoxy) is 2. The molecular formula is C22H23N5O3. The molecule has 0 radical (unpaired) electrons. The summed E-state index contributed by atoms with van der Waals surface area (Å²) in [5.41, 5.74) is 2.91. The zero-order valence-corrected chi connectivity index (χ0v) is 17.1. The van der Waals surface area contributed by atoms with Crippen LogP contribution >= 0.6 is 0 Å². The number of benzene rings is 2. The number of hydrogen-bond donors (Lipinski definition) is 0. The van der Waals surface area contributed by atoms with Crippen molar-refractivity contribution in [2.75, 3.05) is 21.3 Å². The first-order chi connectivity index (χ1) is 14.6. The first-order valence-corrected chi connectivity index (χ1v) is 9.48. The minimum Gasteiger partial charge on any atom is -0.497 e. The molecule has 4 rings (SSSR count). The second-order valence-corrected chi connectivity index (χ2v) is 6.91. The molecule has 0 atom stereocenters. The third kappa shape index (κ3) is 4.49. The summed E-state index contributed by atoms with van der Waals surface area (Å²) in [6.45, 7) is 1.23. The van der Waals surface area contributed by atoms with Gasteiger partial charge in [0.1, 0.15) is 11.5 Å². The molecule has 0 aliphatic heterocycles. The molecule has 0 spiro atoms. The second kappa shape index (κ2) is 8.79. The van der Waals surface area contributed by atoms with Crippen LogP contribution in [0.15, 0.2) is 65.4 Å². The van der Waals surface area contributed by atoms with E-state index in [1.54, 1.807) is 14.2 Å². The second-order valence-electron chi connectivity index (χ2n) is 6.91. The van der Waals surface area contributed by atoms with Gasteiger partial charge in [-0.15, -0.1) is 0 Å². The van der Waals surface area contributed by atoms with Gasteiger partial charge in [0.05, 0.1) is 32.6 Å². The molecule has 8 heteroatoms. The van der Waals surface area contributed by atoms with E-state index in [-0.39, 0.29) is 0 Å². The number of rotatable bonds is 8. The van der Waals surface area contributed by atoms with E-state index in [0.717, 1.165) is 28.3 Å². The molecule has 0 saturated carbocycles. The van der Waals surface area contributed by atoms with E-state index in [1.165, 1.54) is 0 Å². The molecule has 2 aromatic heterocycles. The van der Waals surface area contributed by atoms with Gasteiger partial charge in [0, 0.05) is 29.9 Å². The maximum Gasteiger partial charge on any atom is 0.241 e. The van der Waals surface area contributed by atoms with Crippen LogP contribution in [0.1, 0.15) is 11.5 Å². The highest BCUT2D eigenvalue weighted by Crippen LogP contribution is 2.20. The Morgan fingerprint density at radius 3 is 2.57 bits per heavy atom. The fraction of sp³-hybridized carbons (Fsp3) is 0.227. The van der Waals surface area contributed by atoms with Crippen molar-refractivity contribution in [2.24, 2.45) is 0 Å². The minimum absolute atomic E-state index is 0.535. The van der Waals surface area contributed by atoms with Crippen LogP contribution in [0.2, 0.25) is 0 Å². The molecule has 0 fully saturated rings. The number of aromatic nitrogens is 4. The summed E-state index contributed by atoms with van der Waals surface area (Å²) >= 11 is 0. The topological polar surface area (TPSA) is 78.4 Å². The van der Waals surface area contributed by atoms with Gasteiger partial charge in [-0.05, 0) is 43.4 Å². The molecule has 2 heterocycles. The molecule has 154 valence electrons. The summed E-state index contributed by atoms with van der Waals surface area (Å²) in [5, 5.41) is 8.53. The monoisotopic (exact) mass is 405 g/mol. The van der Waals surface area contributed by atoms with E-state index in [9.17, 15) is 0 Å². The van der Waals surface area contributed by atoms with Crippen LogP contribution in [-0.4, -0.2) is 46.1 Å². The van der Waals surface area contributed by atoms with E-state index in [1.807, 2.05) is 72.7 Å². The molecular weight excluding hydrogens is 382 g/mol. The van der Waals surface area contributed by atoms with Gasteiger partial charge in [0.15, 0.2) is 0 Å². The van der Waals surface area contributed by atoms with E-state index in [0.29, 0.717) is 24.8 Å². The molecule has 2 aromatic carbocycles. The summed E-state index contributed by atoms with van der Waals surface area (Å²) in [4.78, 5) is 6.59. The van der Waals surface area contributed by atoms with Gasteiger partial charge >= 0.3 is 0 Å². The maximum absolute atomic E-state index is 5.42. The van der Waals surface area contributed by atoms with Gasteiger partial charge in [-0.2, -0.15) is 10.1 Å². The van der Waals surface area contributed by atoms with Crippen LogP contribution < -0.4 is 9.47 Å². The number of hydrogen-bond acceptors (Lipinski definition) is 7. The smallest absolute Gasteiger partial charge is 0.241 e. The average molecular weight is 405 g/mol. The summed E-state index contributed by atoms with van der Waals surface area (Å²) in [6.07, 6.45) is 3.86. The first kappa shape index (κ1) is 19.7. The Balaban J connectivity index is 1.38. The molecule has 0 unspecified atom stereocenters. The Kier molecular flexibility index (Phi) is 5.76. The Labute approximate surface area is 174 Å². The molecule has 4 aromatic rings. The molecule has 0 bridgehead atoms.